The zero-order valence-electron chi connectivity index (χ0n) is 9.27. The lowest BCUT2D eigenvalue weighted by atomic mass is 10.3. The number of aromatic nitrogens is 1. The summed E-state index contributed by atoms with van der Waals surface area (Å²) in [6, 6.07) is 4.86. The molecule has 1 N–H and O–H groups in total. The number of sulfonamides is 1. The summed E-state index contributed by atoms with van der Waals surface area (Å²) in [5.41, 5.74) is -0.257. The van der Waals surface area contributed by atoms with Crippen LogP contribution >= 0.6 is 23.2 Å². The molecule has 2 rings (SSSR count). The Morgan fingerprint density at radius 3 is 2.63 bits per heavy atom. The summed E-state index contributed by atoms with van der Waals surface area (Å²) < 4.78 is 39.6. The molecule has 0 saturated carbocycles. The summed E-state index contributed by atoms with van der Waals surface area (Å²) in [5.74, 6) is -0.743. The fourth-order valence-electron chi connectivity index (χ4n) is 1.34. The molecule has 19 heavy (non-hydrogen) atoms. The van der Waals surface area contributed by atoms with Gasteiger partial charge in [0.1, 0.15) is 10.7 Å². The Morgan fingerprint density at radius 2 is 1.95 bits per heavy atom. The molecule has 8 heteroatoms. The Kier molecular flexibility index (Phi) is 3.93. The molecule has 1 aromatic carbocycles. The van der Waals surface area contributed by atoms with Crippen molar-refractivity contribution in [2.75, 3.05) is 4.72 Å². The van der Waals surface area contributed by atoms with Crippen molar-refractivity contribution < 1.29 is 12.8 Å². The molecular formula is C11H7Cl2FN2O2S. The van der Waals surface area contributed by atoms with E-state index in [2.05, 4.69) is 9.71 Å². The monoisotopic (exact) mass is 320 g/mol. The second-order valence-electron chi connectivity index (χ2n) is 3.54. The smallest absolute Gasteiger partial charge is 0.265 e. The molecule has 0 bridgehead atoms. The maximum atomic E-state index is 13.5. The largest absolute Gasteiger partial charge is 0.277 e. The van der Waals surface area contributed by atoms with Gasteiger partial charge >= 0.3 is 0 Å². The molecule has 0 unspecified atom stereocenters. The van der Waals surface area contributed by atoms with Gasteiger partial charge in [-0.1, -0.05) is 23.2 Å². The summed E-state index contributed by atoms with van der Waals surface area (Å²) >= 11 is 11.5. The molecule has 0 atom stereocenters. The fraction of sp³-hybridized carbons (Fsp3) is 0. The van der Waals surface area contributed by atoms with Crippen molar-refractivity contribution in [1.29, 1.82) is 0 Å². The Balaban J connectivity index is 2.43. The quantitative estimate of drug-likeness (QED) is 0.943. The van der Waals surface area contributed by atoms with E-state index in [1.807, 2.05) is 0 Å². The second kappa shape index (κ2) is 5.32. The zero-order chi connectivity index (χ0) is 14.0. The maximum absolute atomic E-state index is 13.5. The molecule has 0 spiro atoms. The van der Waals surface area contributed by atoms with Gasteiger partial charge in [0.25, 0.3) is 10.0 Å². The standard InChI is InChI=1S/C11H7Cl2FN2O2S/c12-7-1-2-9(14)10(5-7)16-19(17,18)11-6-15-4-3-8(11)13/h1-6,16H. The summed E-state index contributed by atoms with van der Waals surface area (Å²) in [5, 5.41) is 0.196. The molecule has 2 aromatic rings. The fourth-order valence-corrected chi connectivity index (χ4v) is 3.00. The van der Waals surface area contributed by atoms with E-state index in [1.165, 1.54) is 24.4 Å². The molecule has 0 aliphatic carbocycles. The highest BCUT2D eigenvalue weighted by molar-refractivity contribution is 7.92. The van der Waals surface area contributed by atoms with Gasteiger partial charge in [-0.2, -0.15) is 0 Å². The number of anilines is 1. The number of hydrogen-bond acceptors (Lipinski definition) is 3. The van der Waals surface area contributed by atoms with Crippen molar-refractivity contribution in [2.45, 2.75) is 4.90 Å². The number of pyridine rings is 1. The van der Waals surface area contributed by atoms with Crippen molar-refractivity contribution in [3.05, 3.63) is 52.5 Å². The van der Waals surface area contributed by atoms with Crippen LogP contribution in [0.5, 0.6) is 0 Å². The number of rotatable bonds is 3. The van der Waals surface area contributed by atoms with E-state index in [1.54, 1.807) is 0 Å². The summed E-state index contributed by atoms with van der Waals surface area (Å²) in [7, 11) is -4.03. The van der Waals surface area contributed by atoms with E-state index in [9.17, 15) is 12.8 Å². The first-order chi connectivity index (χ1) is 8.90. The van der Waals surface area contributed by atoms with Crippen molar-refractivity contribution in [1.82, 2.24) is 4.98 Å². The van der Waals surface area contributed by atoms with Crippen molar-refractivity contribution in [3.8, 4) is 0 Å². The first-order valence-corrected chi connectivity index (χ1v) is 7.21. The maximum Gasteiger partial charge on any atom is 0.265 e. The molecule has 1 heterocycles. The highest BCUT2D eigenvalue weighted by Gasteiger charge is 2.19. The minimum Gasteiger partial charge on any atom is -0.277 e. The van der Waals surface area contributed by atoms with E-state index in [4.69, 9.17) is 23.2 Å². The predicted octanol–water partition coefficient (Wildman–Crippen LogP) is 3.33. The van der Waals surface area contributed by atoms with Crippen LogP contribution in [0.1, 0.15) is 0 Å². The lowest BCUT2D eigenvalue weighted by molar-refractivity contribution is 0.598. The summed E-state index contributed by atoms with van der Waals surface area (Å²) in [6.45, 7) is 0. The van der Waals surface area contributed by atoms with Crippen LogP contribution < -0.4 is 4.72 Å². The molecule has 100 valence electrons. The van der Waals surface area contributed by atoms with Gasteiger partial charge < -0.3 is 0 Å². The third-order valence-corrected chi connectivity index (χ3v) is 4.27. The average Bonchev–Trinajstić information content (AvgIpc) is 2.34. The Morgan fingerprint density at radius 1 is 1.21 bits per heavy atom. The summed E-state index contributed by atoms with van der Waals surface area (Å²) in [4.78, 5) is 3.43. The molecule has 0 amide bonds. The van der Waals surface area contributed by atoms with Crippen LogP contribution in [0.15, 0.2) is 41.6 Å². The van der Waals surface area contributed by atoms with Gasteiger partial charge in [0, 0.05) is 17.4 Å². The molecule has 0 radical (unpaired) electrons. The molecule has 1 aromatic heterocycles. The van der Waals surface area contributed by atoms with E-state index in [-0.39, 0.29) is 20.6 Å². The Bertz CT molecular complexity index is 722. The van der Waals surface area contributed by atoms with Crippen LogP contribution in [0.25, 0.3) is 0 Å². The minimum atomic E-state index is -4.03. The molecule has 4 nitrogen and oxygen atoms in total. The van der Waals surface area contributed by atoms with Crippen molar-refractivity contribution in [2.24, 2.45) is 0 Å². The number of benzene rings is 1. The number of nitrogens with zero attached hydrogens (tertiary/aromatic N) is 1. The normalized spacial score (nSPS) is 11.3. The van der Waals surface area contributed by atoms with Gasteiger partial charge in [-0.05, 0) is 24.3 Å². The van der Waals surface area contributed by atoms with Crippen molar-refractivity contribution >= 4 is 38.9 Å². The molecule has 0 fully saturated rings. The molecule has 0 saturated heterocycles. The highest BCUT2D eigenvalue weighted by Crippen LogP contribution is 2.25. The van der Waals surface area contributed by atoms with E-state index in [0.29, 0.717) is 0 Å². The Hall–Kier alpha value is -1.37. The third kappa shape index (κ3) is 3.15. The molecule has 0 aliphatic heterocycles. The second-order valence-corrected chi connectivity index (χ2v) is 6.03. The van der Waals surface area contributed by atoms with Crippen molar-refractivity contribution in [3.63, 3.8) is 0 Å². The van der Waals surface area contributed by atoms with E-state index in [0.717, 1.165) is 12.3 Å². The molecule has 0 aliphatic rings. The van der Waals surface area contributed by atoms with Crippen LogP contribution in [0.4, 0.5) is 10.1 Å². The average molecular weight is 321 g/mol. The zero-order valence-corrected chi connectivity index (χ0v) is 11.6. The first-order valence-electron chi connectivity index (χ1n) is 4.97. The van der Waals surface area contributed by atoms with E-state index >= 15 is 0 Å². The SMILES string of the molecule is O=S(=O)(Nc1cc(Cl)ccc1F)c1cnccc1Cl. The lowest BCUT2D eigenvalue weighted by Gasteiger charge is -2.09. The van der Waals surface area contributed by atoms with Gasteiger partial charge in [-0.3, -0.25) is 9.71 Å². The minimum absolute atomic E-state index is 0.00932. The van der Waals surface area contributed by atoms with Crippen LogP contribution in [0.3, 0.4) is 0 Å². The predicted molar refractivity (Wildman–Crippen MR) is 71.5 cm³/mol. The third-order valence-electron chi connectivity index (χ3n) is 2.20. The van der Waals surface area contributed by atoms with Crippen LogP contribution in [0, 0.1) is 5.82 Å². The lowest BCUT2D eigenvalue weighted by Crippen LogP contribution is -2.14. The number of nitrogens with one attached hydrogen (secondary N) is 1. The van der Waals surface area contributed by atoms with Gasteiger partial charge in [-0.25, -0.2) is 12.8 Å². The first kappa shape index (κ1) is 14.0. The number of hydrogen-bond donors (Lipinski definition) is 1. The number of halogens is 3. The van der Waals surface area contributed by atoms with Gasteiger partial charge in [0.15, 0.2) is 0 Å². The molecular weight excluding hydrogens is 314 g/mol. The highest BCUT2D eigenvalue weighted by atomic mass is 35.5. The summed E-state index contributed by atoms with van der Waals surface area (Å²) in [6.07, 6.45) is 2.43. The van der Waals surface area contributed by atoms with Gasteiger partial charge in [0.05, 0.1) is 10.7 Å². The van der Waals surface area contributed by atoms with E-state index < -0.39 is 15.8 Å². The van der Waals surface area contributed by atoms with Crippen LogP contribution in [-0.2, 0) is 10.0 Å². The van der Waals surface area contributed by atoms with Crippen LogP contribution in [0.2, 0.25) is 10.0 Å². The van der Waals surface area contributed by atoms with Gasteiger partial charge in [-0.15, -0.1) is 0 Å². The topological polar surface area (TPSA) is 59.1 Å². The Labute approximate surface area is 119 Å². The van der Waals surface area contributed by atoms with Gasteiger partial charge in [0.2, 0.25) is 0 Å². The van der Waals surface area contributed by atoms with Crippen LogP contribution in [-0.4, -0.2) is 13.4 Å².